The van der Waals surface area contributed by atoms with Gasteiger partial charge in [-0.05, 0) is 34.4 Å². The van der Waals surface area contributed by atoms with Crippen molar-refractivity contribution in [1.82, 2.24) is 0 Å². The number of hydrogen-bond acceptors (Lipinski definition) is 1. The van der Waals surface area contributed by atoms with Crippen molar-refractivity contribution in [2.75, 3.05) is 0 Å². The molecule has 0 radical (unpaired) electrons. The Balaban J connectivity index is 0.00000161. The van der Waals surface area contributed by atoms with Crippen LogP contribution in [0.2, 0.25) is 0 Å². The van der Waals surface area contributed by atoms with Crippen LogP contribution in [0.3, 0.4) is 0 Å². The van der Waals surface area contributed by atoms with Crippen LogP contribution >= 0.6 is 13.5 Å². The number of hydrogen-bond donors (Lipinski definition) is 0. The molecule has 3 aromatic carbocycles. The molecular weight excluding hydrogens is 274 g/mol. The molecular formula is C19H15NS. The molecule has 21 heavy (non-hydrogen) atoms. The van der Waals surface area contributed by atoms with Gasteiger partial charge in [0, 0.05) is 0 Å². The molecule has 3 rings (SSSR count). The Bertz CT molecular complexity index is 756. The molecule has 0 unspecified atom stereocenters. The monoisotopic (exact) mass is 289 g/mol. The van der Waals surface area contributed by atoms with Crippen molar-refractivity contribution in [1.29, 1.82) is 5.26 Å². The summed E-state index contributed by atoms with van der Waals surface area (Å²) in [7, 11) is 0. The van der Waals surface area contributed by atoms with E-state index >= 15 is 0 Å². The minimum atomic E-state index is 0. The maximum absolute atomic E-state index is 8.88. The van der Waals surface area contributed by atoms with Gasteiger partial charge in [0.15, 0.2) is 0 Å². The second-order valence-electron chi connectivity index (χ2n) is 4.60. The number of nitrogens with zero attached hydrogens (tertiary/aromatic N) is 1. The third kappa shape index (κ3) is 3.16. The average molecular weight is 289 g/mol. The van der Waals surface area contributed by atoms with Crippen molar-refractivity contribution in [2.24, 2.45) is 0 Å². The van der Waals surface area contributed by atoms with Gasteiger partial charge < -0.3 is 0 Å². The summed E-state index contributed by atoms with van der Waals surface area (Å²) in [4.78, 5) is 0. The highest BCUT2D eigenvalue weighted by atomic mass is 32.1. The molecule has 0 aliphatic carbocycles. The first kappa shape index (κ1) is 14.9. The van der Waals surface area contributed by atoms with Crippen LogP contribution in [0.4, 0.5) is 0 Å². The Morgan fingerprint density at radius 3 is 1.57 bits per heavy atom. The van der Waals surface area contributed by atoms with Gasteiger partial charge in [0.1, 0.15) is 0 Å². The van der Waals surface area contributed by atoms with E-state index in [-0.39, 0.29) is 13.5 Å². The molecule has 0 saturated carbocycles. The summed E-state index contributed by atoms with van der Waals surface area (Å²) in [5, 5.41) is 8.88. The van der Waals surface area contributed by atoms with Crippen LogP contribution in [0.15, 0.2) is 78.9 Å². The SMILES string of the molecule is N#Cc1ccc(-c2ccccc2-c2ccccc2)cc1.S. The molecule has 0 aliphatic rings. The third-order valence-corrected chi connectivity index (χ3v) is 3.34. The maximum atomic E-state index is 8.88. The van der Waals surface area contributed by atoms with Crippen molar-refractivity contribution in [3.05, 3.63) is 84.4 Å². The molecule has 0 saturated heterocycles. The van der Waals surface area contributed by atoms with Crippen LogP contribution in [0.1, 0.15) is 5.56 Å². The first-order valence-electron chi connectivity index (χ1n) is 6.53. The predicted molar refractivity (Wildman–Crippen MR) is 92.4 cm³/mol. The molecule has 0 heterocycles. The normalized spacial score (nSPS) is 9.48. The van der Waals surface area contributed by atoms with Crippen molar-refractivity contribution in [3.63, 3.8) is 0 Å². The predicted octanol–water partition coefficient (Wildman–Crippen LogP) is 5.01. The molecule has 0 fully saturated rings. The Labute approximate surface area is 131 Å². The van der Waals surface area contributed by atoms with Crippen LogP contribution in [0.25, 0.3) is 22.3 Å². The van der Waals surface area contributed by atoms with E-state index in [0.29, 0.717) is 5.56 Å². The second-order valence-corrected chi connectivity index (χ2v) is 4.60. The zero-order chi connectivity index (χ0) is 13.8. The van der Waals surface area contributed by atoms with E-state index in [2.05, 4.69) is 36.4 Å². The quantitative estimate of drug-likeness (QED) is 0.651. The van der Waals surface area contributed by atoms with Gasteiger partial charge in [0.2, 0.25) is 0 Å². The highest BCUT2D eigenvalue weighted by molar-refractivity contribution is 7.59. The molecule has 3 aromatic rings. The standard InChI is InChI=1S/C19H13N.H2S/c20-14-15-10-12-17(13-11-15)19-9-5-4-8-18(19)16-6-2-1-3-7-16;/h1-13H;1H2. The fraction of sp³-hybridized carbons (Fsp3) is 0. The summed E-state index contributed by atoms with van der Waals surface area (Å²) in [6.07, 6.45) is 0. The summed E-state index contributed by atoms with van der Waals surface area (Å²) in [5.41, 5.74) is 5.41. The fourth-order valence-corrected chi connectivity index (χ4v) is 2.33. The summed E-state index contributed by atoms with van der Waals surface area (Å²) in [5.74, 6) is 0. The largest absolute Gasteiger partial charge is 0.197 e. The second kappa shape index (κ2) is 6.78. The van der Waals surface area contributed by atoms with Crippen LogP contribution in [0, 0.1) is 11.3 Å². The first-order chi connectivity index (χ1) is 9.88. The molecule has 0 atom stereocenters. The van der Waals surface area contributed by atoms with E-state index in [4.69, 9.17) is 5.26 Å². The lowest BCUT2D eigenvalue weighted by Gasteiger charge is -2.10. The van der Waals surface area contributed by atoms with Gasteiger partial charge in [-0.2, -0.15) is 18.8 Å². The number of benzene rings is 3. The molecule has 0 aliphatic heterocycles. The lowest BCUT2D eigenvalue weighted by atomic mass is 9.94. The highest BCUT2D eigenvalue weighted by Gasteiger charge is 2.06. The van der Waals surface area contributed by atoms with Crippen molar-refractivity contribution in [3.8, 4) is 28.3 Å². The molecule has 1 nitrogen and oxygen atoms in total. The molecule has 102 valence electrons. The van der Waals surface area contributed by atoms with Gasteiger partial charge in [-0.15, -0.1) is 0 Å². The summed E-state index contributed by atoms with van der Waals surface area (Å²) < 4.78 is 0. The van der Waals surface area contributed by atoms with Crippen LogP contribution in [-0.4, -0.2) is 0 Å². The molecule has 2 heteroatoms. The van der Waals surface area contributed by atoms with Crippen molar-refractivity contribution in [2.45, 2.75) is 0 Å². The third-order valence-electron chi connectivity index (χ3n) is 3.34. The summed E-state index contributed by atoms with van der Waals surface area (Å²) >= 11 is 0. The van der Waals surface area contributed by atoms with Crippen molar-refractivity contribution >= 4 is 13.5 Å². The smallest absolute Gasteiger partial charge is 0.0991 e. The molecule has 0 aromatic heterocycles. The Morgan fingerprint density at radius 1 is 0.571 bits per heavy atom. The van der Waals surface area contributed by atoms with Crippen LogP contribution < -0.4 is 0 Å². The van der Waals surface area contributed by atoms with Gasteiger partial charge in [-0.3, -0.25) is 0 Å². The van der Waals surface area contributed by atoms with E-state index in [9.17, 15) is 0 Å². The number of nitriles is 1. The Kier molecular flexibility index (Phi) is 4.81. The van der Waals surface area contributed by atoms with Crippen molar-refractivity contribution < 1.29 is 0 Å². The molecule has 0 N–H and O–H groups in total. The highest BCUT2D eigenvalue weighted by Crippen LogP contribution is 2.31. The van der Waals surface area contributed by atoms with E-state index < -0.39 is 0 Å². The van der Waals surface area contributed by atoms with Gasteiger partial charge in [0.05, 0.1) is 11.6 Å². The summed E-state index contributed by atoms with van der Waals surface area (Å²) in [6, 6.07) is 28.5. The van der Waals surface area contributed by atoms with Gasteiger partial charge in [-0.1, -0.05) is 66.7 Å². The van der Waals surface area contributed by atoms with Crippen LogP contribution in [0.5, 0.6) is 0 Å². The Morgan fingerprint density at radius 2 is 1.05 bits per heavy atom. The molecule has 0 amide bonds. The van der Waals surface area contributed by atoms with Gasteiger partial charge in [0.25, 0.3) is 0 Å². The lowest BCUT2D eigenvalue weighted by Crippen LogP contribution is -1.85. The fourth-order valence-electron chi connectivity index (χ4n) is 2.33. The number of rotatable bonds is 2. The Hall–Kier alpha value is -2.50. The van der Waals surface area contributed by atoms with E-state index in [1.807, 2.05) is 48.5 Å². The zero-order valence-corrected chi connectivity index (χ0v) is 12.5. The summed E-state index contributed by atoms with van der Waals surface area (Å²) in [6.45, 7) is 0. The topological polar surface area (TPSA) is 23.8 Å². The van der Waals surface area contributed by atoms with E-state index in [0.717, 1.165) is 5.56 Å². The zero-order valence-electron chi connectivity index (χ0n) is 11.5. The van der Waals surface area contributed by atoms with Crippen LogP contribution in [-0.2, 0) is 0 Å². The van der Waals surface area contributed by atoms with Gasteiger partial charge >= 0.3 is 0 Å². The molecule has 0 bridgehead atoms. The van der Waals surface area contributed by atoms with Gasteiger partial charge in [-0.25, -0.2) is 0 Å². The minimum Gasteiger partial charge on any atom is -0.197 e. The minimum absolute atomic E-state index is 0. The van der Waals surface area contributed by atoms with E-state index in [1.165, 1.54) is 16.7 Å². The van der Waals surface area contributed by atoms with E-state index in [1.54, 1.807) is 0 Å². The maximum Gasteiger partial charge on any atom is 0.0991 e. The first-order valence-corrected chi connectivity index (χ1v) is 6.53. The molecule has 0 spiro atoms. The lowest BCUT2D eigenvalue weighted by molar-refractivity contribution is 1.48. The average Bonchev–Trinajstić information content (AvgIpc) is 2.56.